The average Bonchev–Trinajstić information content (AvgIpc) is 3.10. The molecule has 0 aromatic heterocycles. The molecule has 0 aliphatic carbocycles. The number of rotatable bonds is 4. The van der Waals surface area contributed by atoms with Gasteiger partial charge >= 0.3 is 0 Å². The molecule has 2 heterocycles. The van der Waals surface area contributed by atoms with Gasteiger partial charge in [0, 0.05) is 11.3 Å². The number of benzene rings is 2. The van der Waals surface area contributed by atoms with Crippen LogP contribution in [0.25, 0.3) is 0 Å². The first-order valence-electron chi connectivity index (χ1n) is 8.35. The fraction of sp³-hybridized carbons (Fsp3) is 0.263. The van der Waals surface area contributed by atoms with Crippen LogP contribution in [-0.4, -0.2) is 23.9 Å². The predicted octanol–water partition coefficient (Wildman–Crippen LogP) is 3.10. The van der Waals surface area contributed by atoms with E-state index < -0.39 is 5.25 Å². The van der Waals surface area contributed by atoms with Crippen LogP contribution in [0.4, 0.5) is 5.69 Å². The molecular weight excluding hydrogens is 352 g/mol. The summed E-state index contributed by atoms with van der Waals surface area (Å²) in [5, 5.41) is 5.37. The molecule has 134 valence electrons. The Labute approximate surface area is 155 Å². The van der Waals surface area contributed by atoms with Crippen LogP contribution in [0.15, 0.2) is 47.4 Å². The maximum atomic E-state index is 12.4. The molecule has 2 aromatic carbocycles. The molecule has 4 rings (SSSR count). The summed E-state index contributed by atoms with van der Waals surface area (Å²) in [5.41, 5.74) is 1.72. The summed E-state index contributed by atoms with van der Waals surface area (Å²) in [6, 6.07) is 13.0. The molecule has 2 aromatic rings. The zero-order valence-electron chi connectivity index (χ0n) is 14.2. The van der Waals surface area contributed by atoms with Gasteiger partial charge in [-0.1, -0.05) is 18.2 Å². The Morgan fingerprint density at radius 2 is 2.08 bits per heavy atom. The summed E-state index contributed by atoms with van der Waals surface area (Å²) in [6.07, 6.45) is 0.125. The van der Waals surface area contributed by atoms with Gasteiger partial charge < -0.3 is 20.1 Å². The fourth-order valence-electron chi connectivity index (χ4n) is 2.96. The van der Waals surface area contributed by atoms with Crippen molar-refractivity contribution in [1.82, 2.24) is 5.32 Å². The van der Waals surface area contributed by atoms with Crippen LogP contribution < -0.4 is 20.1 Å². The van der Waals surface area contributed by atoms with Gasteiger partial charge in [-0.3, -0.25) is 9.59 Å². The number of carbonyl (C=O) groups excluding carboxylic acids is 2. The van der Waals surface area contributed by atoms with Gasteiger partial charge in [-0.15, -0.1) is 11.8 Å². The highest BCUT2D eigenvalue weighted by molar-refractivity contribution is 8.01. The molecule has 0 fully saturated rings. The summed E-state index contributed by atoms with van der Waals surface area (Å²) >= 11 is 1.42. The third kappa shape index (κ3) is 3.35. The lowest BCUT2D eigenvalue weighted by atomic mass is 10.1. The molecule has 2 amide bonds. The van der Waals surface area contributed by atoms with Crippen molar-refractivity contribution < 1.29 is 19.1 Å². The average molecular weight is 370 g/mol. The van der Waals surface area contributed by atoms with Crippen LogP contribution in [0.5, 0.6) is 11.5 Å². The van der Waals surface area contributed by atoms with E-state index in [1.165, 1.54) is 11.8 Å². The minimum Gasteiger partial charge on any atom is -0.454 e. The number of carbonyl (C=O) groups is 2. The van der Waals surface area contributed by atoms with Crippen molar-refractivity contribution in [3.8, 4) is 11.5 Å². The molecule has 0 saturated carbocycles. The van der Waals surface area contributed by atoms with E-state index in [1.54, 1.807) is 0 Å². The van der Waals surface area contributed by atoms with Crippen molar-refractivity contribution in [1.29, 1.82) is 0 Å². The van der Waals surface area contributed by atoms with E-state index in [0.29, 0.717) is 11.5 Å². The SMILES string of the molecule is C[C@H](NC(=O)C[C@@H]1Sc2ccccc2NC1=O)c1ccc2c(c1)OCO2. The van der Waals surface area contributed by atoms with Crippen LogP contribution >= 0.6 is 11.8 Å². The van der Waals surface area contributed by atoms with Crippen molar-refractivity contribution >= 4 is 29.3 Å². The molecule has 0 saturated heterocycles. The lowest BCUT2D eigenvalue weighted by Gasteiger charge is -2.24. The van der Waals surface area contributed by atoms with Gasteiger partial charge in [0.15, 0.2) is 11.5 Å². The topological polar surface area (TPSA) is 76.7 Å². The van der Waals surface area contributed by atoms with Crippen LogP contribution in [-0.2, 0) is 9.59 Å². The Kier molecular flexibility index (Phi) is 4.46. The van der Waals surface area contributed by atoms with Gasteiger partial charge in [0.1, 0.15) is 0 Å². The number of anilines is 1. The standard InChI is InChI=1S/C19H18N2O4S/c1-11(12-6-7-14-15(8-12)25-10-24-14)20-18(22)9-17-19(23)21-13-4-2-3-5-16(13)26-17/h2-8,11,17H,9-10H2,1H3,(H,20,22)(H,21,23)/t11-,17-/m0/s1. The molecule has 2 aliphatic heterocycles. The van der Waals surface area contributed by atoms with Crippen molar-refractivity contribution in [3.05, 3.63) is 48.0 Å². The summed E-state index contributed by atoms with van der Waals surface area (Å²) < 4.78 is 10.7. The first-order chi connectivity index (χ1) is 12.6. The van der Waals surface area contributed by atoms with Crippen LogP contribution in [0.2, 0.25) is 0 Å². The lowest BCUT2D eigenvalue weighted by Crippen LogP contribution is -2.35. The summed E-state index contributed by atoms with van der Waals surface area (Å²) in [7, 11) is 0. The number of fused-ring (bicyclic) bond motifs is 2. The zero-order chi connectivity index (χ0) is 18.1. The quantitative estimate of drug-likeness (QED) is 0.865. The van der Waals surface area contributed by atoms with Crippen molar-refractivity contribution in [2.45, 2.75) is 29.5 Å². The number of nitrogens with one attached hydrogen (secondary N) is 2. The van der Waals surface area contributed by atoms with E-state index in [9.17, 15) is 9.59 Å². The molecule has 0 radical (unpaired) electrons. The Morgan fingerprint density at radius 3 is 2.96 bits per heavy atom. The van der Waals surface area contributed by atoms with Crippen LogP contribution in [0.1, 0.15) is 24.9 Å². The third-order valence-corrected chi connectivity index (χ3v) is 5.63. The van der Waals surface area contributed by atoms with Gasteiger partial charge in [0.2, 0.25) is 18.6 Å². The number of thioether (sulfide) groups is 1. The normalized spacial score (nSPS) is 18.7. The number of hydrogen-bond donors (Lipinski definition) is 2. The summed E-state index contributed by atoms with van der Waals surface area (Å²) in [5.74, 6) is 1.09. The molecule has 7 heteroatoms. The van der Waals surface area contributed by atoms with E-state index in [0.717, 1.165) is 16.1 Å². The number of ether oxygens (including phenoxy) is 2. The largest absolute Gasteiger partial charge is 0.454 e. The highest BCUT2D eigenvalue weighted by atomic mass is 32.2. The molecule has 26 heavy (non-hydrogen) atoms. The molecule has 0 bridgehead atoms. The van der Waals surface area contributed by atoms with E-state index in [1.807, 2.05) is 49.4 Å². The van der Waals surface area contributed by atoms with E-state index in [-0.39, 0.29) is 31.1 Å². The maximum absolute atomic E-state index is 12.4. The maximum Gasteiger partial charge on any atom is 0.238 e. The first-order valence-corrected chi connectivity index (χ1v) is 9.23. The second kappa shape index (κ2) is 6.92. The van der Waals surface area contributed by atoms with Crippen LogP contribution in [0, 0.1) is 0 Å². The van der Waals surface area contributed by atoms with E-state index in [2.05, 4.69) is 10.6 Å². The molecular formula is C19H18N2O4S. The van der Waals surface area contributed by atoms with Gasteiger partial charge in [0.25, 0.3) is 0 Å². The van der Waals surface area contributed by atoms with Crippen molar-refractivity contribution in [3.63, 3.8) is 0 Å². The molecule has 0 unspecified atom stereocenters. The number of hydrogen-bond acceptors (Lipinski definition) is 5. The van der Waals surface area contributed by atoms with Crippen molar-refractivity contribution in [2.75, 3.05) is 12.1 Å². The highest BCUT2D eigenvalue weighted by Crippen LogP contribution is 2.37. The monoisotopic (exact) mass is 370 g/mol. The minimum absolute atomic E-state index is 0.125. The summed E-state index contributed by atoms with van der Waals surface area (Å²) in [4.78, 5) is 25.6. The van der Waals surface area contributed by atoms with Crippen LogP contribution in [0.3, 0.4) is 0 Å². The zero-order valence-corrected chi connectivity index (χ0v) is 15.0. The Bertz CT molecular complexity index is 870. The van der Waals surface area contributed by atoms with Gasteiger partial charge in [0.05, 0.1) is 17.0 Å². The predicted molar refractivity (Wildman–Crippen MR) is 98.5 cm³/mol. The fourth-order valence-corrected chi connectivity index (χ4v) is 4.07. The van der Waals surface area contributed by atoms with Crippen molar-refractivity contribution in [2.24, 2.45) is 0 Å². The minimum atomic E-state index is -0.436. The van der Waals surface area contributed by atoms with E-state index in [4.69, 9.17) is 9.47 Å². The lowest BCUT2D eigenvalue weighted by molar-refractivity contribution is -0.124. The van der Waals surface area contributed by atoms with Gasteiger partial charge in [-0.05, 0) is 36.8 Å². The molecule has 2 aliphatic rings. The molecule has 2 N–H and O–H groups in total. The third-order valence-electron chi connectivity index (χ3n) is 4.35. The van der Waals surface area contributed by atoms with Gasteiger partial charge in [-0.2, -0.15) is 0 Å². The Balaban J connectivity index is 1.39. The second-order valence-electron chi connectivity index (χ2n) is 6.20. The number of para-hydroxylation sites is 1. The first kappa shape index (κ1) is 16.8. The molecule has 2 atom stereocenters. The highest BCUT2D eigenvalue weighted by Gasteiger charge is 2.29. The summed E-state index contributed by atoms with van der Waals surface area (Å²) in [6.45, 7) is 2.12. The molecule has 6 nitrogen and oxygen atoms in total. The smallest absolute Gasteiger partial charge is 0.238 e. The second-order valence-corrected chi connectivity index (χ2v) is 7.44. The number of amides is 2. The van der Waals surface area contributed by atoms with E-state index >= 15 is 0 Å². The Hall–Kier alpha value is -2.67. The van der Waals surface area contributed by atoms with Gasteiger partial charge in [-0.25, -0.2) is 0 Å². The molecule has 0 spiro atoms. The Morgan fingerprint density at radius 1 is 1.27 bits per heavy atom.